The molecule has 0 spiro atoms. The van der Waals surface area contributed by atoms with Gasteiger partial charge in [-0.25, -0.2) is 0 Å². The molecule has 2 nitrogen and oxygen atoms in total. The third-order valence-electron chi connectivity index (χ3n) is 3.92. The van der Waals surface area contributed by atoms with Gasteiger partial charge in [0, 0.05) is 12.0 Å². The summed E-state index contributed by atoms with van der Waals surface area (Å²) >= 11 is 0. The molecule has 2 heteroatoms. The van der Waals surface area contributed by atoms with E-state index in [0.717, 1.165) is 31.7 Å². The first-order valence-electron chi connectivity index (χ1n) is 7.46. The molecule has 1 aromatic rings. The molecule has 1 rings (SSSR count). The summed E-state index contributed by atoms with van der Waals surface area (Å²) < 4.78 is 5.75. The molecule has 0 bridgehead atoms. The first kappa shape index (κ1) is 16.0. The standard InChI is InChI=1S/C17H29NO/c1-6-17(7-2,13-18-5)15-8-10-16(11-9-15)19-12-14(3)4/h8-11,14,18H,6-7,12-13H2,1-5H3. The van der Waals surface area contributed by atoms with Gasteiger partial charge in [-0.2, -0.15) is 0 Å². The topological polar surface area (TPSA) is 21.3 Å². The van der Waals surface area contributed by atoms with Crippen molar-refractivity contribution < 1.29 is 4.74 Å². The van der Waals surface area contributed by atoms with Crippen LogP contribution < -0.4 is 10.1 Å². The molecule has 1 aromatic carbocycles. The Morgan fingerprint density at radius 2 is 1.68 bits per heavy atom. The summed E-state index contributed by atoms with van der Waals surface area (Å²) in [4.78, 5) is 0. The Labute approximate surface area is 118 Å². The van der Waals surface area contributed by atoms with E-state index in [4.69, 9.17) is 4.74 Å². The fraction of sp³-hybridized carbons (Fsp3) is 0.647. The van der Waals surface area contributed by atoms with Gasteiger partial charge in [0.2, 0.25) is 0 Å². The third kappa shape index (κ3) is 4.24. The average Bonchev–Trinajstić information content (AvgIpc) is 2.43. The number of benzene rings is 1. The third-order valence-corrected chi connectivity index (χ3v) is 3.92. The second-order valence-electron chi connectivity index (χ2n) is 5.75. The minimum Gasteiger partial charge on any atom is -0.493 e. The lowest BCUT2D eigenvalue weighted by atomic mass is 9.76. The molecule has 0 radical (unpaired) electrons. The second-order valence-corrected chi connectivity index (χ2v) is 5.75. The van der Waals surface area contributed by atoms with E-state index >= 15 is 0 Å². The first-order chi connectivity index (χ1) is 9.07. The van der Waals surface area contributed by atoms with Gasteiger partial charge in [0.15, 0.2) is 0 Å². The van der Waals surface area contributed by atoms with Gasteiger partial charge in [0.05, 0.1) is 6.61 Å². The lowest BCUT2D eigenvalue weighted by Gasteiger charge is -2.32. The number of hydrogen-bond acceptors (Lipinski definition) is 2. The average molecular weight is 263 g/mol. The molecule has 0 fully saturated rings. The van der Waals surface area contributed by atoms with Crippen LogP contribution in [0.1, 0.15) is 46.1 Å². The Kier molecular flexibility index (Phi) is 6.36. The molecule has 0 heterocycles. The minimum atomic E-state index is 0.241. The van der Waals surface area contributed by atoms with Crippen LogP contribution in [0.3, 0.4) is 0 Å². The minimum absolute atomic E-state index is 0.241. The van der Waals surface area contributed by atoms with E-state index in [1.165, 1.54) is 5.56 Å². The van der Waals surface area contributed by atoms with Gasteiger partial charge in [-0.3, -0.25) is 0 Å². The van der Waals surface area contributed by atoms with Crippen LogP contribution in [0.25, 0.3) is 0 Å². The predicted octanol–water partition coefficient (Wildman–Crippen LogP) is 4.00. The zero-order valence-corrected chi connectivity index (χ0v) is 13.1. The molecular formula is C17H29NO. The summed E-state index contributed by atoms with van der Waals surface area (Å²) in [5.41, 5.74) is 1.65. The zero-order chi connectivity index (χ0) is 14.3. The maximum absolute atomic E-state index is 5.75. The molecule has 0 aliphatic heterocycles. The van der Waals surface area contributed by atoms with Crippen molar-refractivity contribution in [3.8, 4) is 5.75 Å². The van der Waals surface area contributed by atoms with Gasteiger partial charge in [-0.1, -0.05) is 39.8 Å². The molecule has 0 atom stereocenters. The summed E-state index contributed by atoms with van der Waals surface area (Å²) in [6.07, 6.45) is 2.30. The number of ether oxygens (including phenoxy) is 1. The summed E-state index contributed by atoms with van der Waals surface area (Å²) in [6, 6.07) is 8.65. The number of rotatable bonds is 8. The van der Waals surface area contributed by atoms with Crippen molar-refractivity contribution in [3.63, 3.8) is 0 Å². The molecule has 0 aliphatic carbocycles. The lowest BCUT2D eigenvalue weighted by molar-refractivity contribution is 0.270. The van der Waals surface area contributed by atoms with Crippen molar-refractivity contribution in [3.05, 3.63) is 29.8 Å². The first-order valence-corrected chi connectivity index (χ1v) is 7.46. The number of nitrogens with one attached hydrogen (secondary N) is 1. The van der Waals surface area contributed by atoms with Crippen molar-refractivity contribution in [2.45, 2.75) is 46.0 Å². The van der Waals surface area contributed by atoms with Crippen LogP contribution in [0.15, 0.2) is 24.3 Å². The van der Waals surface area contributed by atoms with E-state index in [1.54, 1.807) is 0 Å². The molecule has 19 heavy (non-hydrogen) atoms. The number of hydrogen-bond donors (Lipinski definition) is 1. The maximum atomic E-state index is 5.75. The summed E-state index contributed by atoms with van der Waals surface area (Å²) in [5, 5.41) is 3.33. The van der Waals surface area contributed by atoms with Gasteiger partial charge in [0.25, 0.3) is 0 Å². The van der Waals surface area contributed by atoms with Crippen LogP contribution in [0, 0.1) is 5.92 Å². The zero-order valence-electron chi connectivity index (χ0n) is 13.1. The Bertz CT molecular complexity index is 352. The Hall–Kier alpha value is -1.02. The van der Waals surface area contributed by atoms with E-state index in [-0.39, 0.29) is 5.41 Å². The molecular weight excluding hydrogens is 234 g/mol. The fourth-order valence-corrected chi connectivity index (χ4v) is 2.52. The second kappa shape index (κ2) is 7.54. The largest absolute Gasteiger partial charge is 0.493 e. The number of likely N-dealkylation sites (N-methyl/N-ethyl adjacent to an activating group) is 1. The van der Waals surface area contributed by atoms with Crippen LogP contribution in [0.4, 0.5) is 0 Å². The van der Waals surface area contributed by atoms with Crippen LogP contribution >= 0.6 is 0 Å². The van der Waals surface area contributed by atoms with E-state index in [1.807, 2.05) is 7.05 Å². The Balaban J connectivity index is 2.83. The van der Waals surface area contributed by atoms with Crippen LogP contribution in [-0.2, 0) is 5.41 Å². The van der Waals surface area contributed by atoms with Crippen molar-refractivity contribution in [1.29, 1.82) is 0 Å². The summed E-state index contributed by atoms with van der Waals surface area (Å²) in [5.74, 6) is 1.54. The van der Waals surface area contributed by atoms with Gasteiger partial charge in [-0.05, 0) is 43.5 Å². The molecule has 0 saturated heterocycles. The fourth-order valence-electron chi connectivity index (χ4n) is 2.52. The van der Waals surface area contributed by atoms with Gasteiger partial charge >= 0.3 is 0 Å². The molecule has 1 N–H and O–H groups in total. The smallest absolute Gasteiger partial charge is 0.119 e. The highest BCUT2D eigenvalue weighted by molar-refractivity contribution is 5.32. The molecule has 0 aromatic heterocycles. The predicted molar refractivity (Wildman–Crippen MR) is 83.0 cm³/mol. The van der Waals surface area contributed by atoms with Crippen molar-refractivity contribution in [2.24, 2.45) is 5.92 Å². The lowest BCUT2D eigenvalue weighted by Crippen LogP contribution is -2.35. The monoisotopic (exact) mass is 263 g/mol. The molecule has 0 aliphatic rings. The van der Waals surface area contributed by atoms with Crippen LogP contribution in [0.5, 0.6) is 5.75 Å². The van der Waals surface area contributed by atoms with Crippen LogP contribution in [0.2, 0.25) is 0 Å². The molecule has 0 amide bonds. The van der Waals surface area contributed by atoms with Crippen LogP contribution in [-0.4, -0.2) is 20.2 Å². The maximum Gasteiger partial charge on any atom is 0.119 e. The van der Waals surface area contributed by atoms with Crippen molar-refractivity contribution >= 4 is 0 Å². The van der Waals surface area contributed by atoms with E-state index in [2.05, 4.69) is 57.3 Å². The highest BCUT2D eigenvalue weighted by atomic mass is 16.5. The van der Waals surface area contributed by atoms with E-state index in [0.29, 0.717) is 5.92 Å². The summed E-state index contributed by atoms with van der Waals surface area (Å²) in [7, 11) is 2.03. The van der Waals surface area contributed by atoms with Crippen molar-refractivity contribution in [1.82, 2.24) is 5.32 Å². The Morgan fingerprint density at radius 3 is 2.11 bits per heavy atom. The highest BCUT2D eigenvalue weighted by Gasteiger charge is 2.27. The molecule has 0 unspecified atom stereocenters. The van der Waals surface area contributed by atoms with Gasteiger partial charge in [0.1, 0.15) is 5.75 Å². The quantitative estimate of drug-likeness (QED) is 0.765. The van der Waals surface area contributed by atoms with Gasteiger partial charge in [-0.15, -0.1) is 0 Å². The van der Waals surface area contributed by atoms with E-state index < -0.39 is 0 Å². The SMILES string of the molecule is CCC(CC)(CNC)c1ccc(OCC(C)C)cc1. The normalized spacial score (nSPS) is 11.9. The molecule has 0 saturated carbocycles. The Morgan fingerprint density at radius 1 is 1.11 bits per heavy atom. The van der Waals surface area contributed by atoms with E-state index in [9.17, 15) is 0 Å². The highest BCUT2D eigenvalue weighted by Crippen LogP contribution is 2.32. The van der Waals surface area contributed by atoms with Gasteiger partial charge < -0.3 is 10.1 Å². The molecule has 108 valence electrons. The van der Waals surface area contributed by atoms with Crippen molar-refractivity contribution in [2.75, 3.05) is 20.2 Å². The summed E-state index contributed by atoms with van der Waals surface area (Å²) in [6.45, 7) is 10.7.